The van der Waals surface area contributed by atoms with Crippen LogP contribution < -0.4 is 10.6 Å². The summed E-state index contributed by atoms with van der Waals surface area (Å²) < 4.78 is 5.64. The molecule has 7 heteroatoms. The van der Waals surface area contributed by atoms with Crippen LogP contribution in [0.25, 0.3) is 11.1 Å². The van der Waals surface area contributed by atoms with E-state index in [1.54, 1.807) is 6.92 Å². The lowest BCUT2D eigenvalue weighted by Crippen LogP contribution is -2.52. The highest BCUT2D eigenvalue weighted by Crippen LogP contribution is 2.44. The lowest BCUT2D eigenvalue weighted by Gasteiger charge is -2.26. The van der Waals surface area contributed by atoms with E-state index in [1.165, 1.54) is 22.3 Å². The summed E-state index contributed by atoms with van der Waals surface area (Å²) in [5.74, 6) is -1.16. The summed E-state index contributed by atoms with van der Waals surface area (Å²) in [7, 11) is 0. The molecule has 0 bridgehead atoms. The average Bonchev–Trinajstić information content (AvgIpc) is 3.39. The molecule has 2 amide bonds. The SMILES string of the molecule is CCCC(C)(NC(=O)C[C@H]1CC[C@@H](NC(=O)OCC2c3ccccc3-c3ccccc32)C1)C(=O)O. The van der Waals surface area contributed by atoms with E-state index in [4.69, 9.17) is 4.74 Å². The van der Waals surface area contributed by atoms with Crippen molar-refractivity contribution < 1.29 is 24.2 Å². The molecular formula is C28H34N2O5. The number of nitrogens with one attached hydrogen (secondary N) is 2. The van der Waals surface area contributed by atoms with Crippen LogP contribution in [0.2, 0.25) is 0 Å². The third-order valence-electron chi connectivity index (χ3n) is 7.32. The molecule has 0 aliphatic heterocycles. The van der Waals surface area contributed by atoms with Crippen LogP contribution in [0.15, 0.2) is 48.5 Å². The van der Waals surface area contributed by atoms with E-state index in [-0.39, 0.29) is 36.8 Å². The fourth-order valence-corrected chi connectivity index (χ4v) is 5.54. The van der Waals surface area contributed by atoms with Crippen molar-refractivity contribution in [2.24, 2.45) is 5.92 Å². The van der Waals surface area contributed by atoms with Crippen LogP contribution in [0, 0.1) is 5.92 Å². The van der Waals surface area contributed by atoms with Crippen molar-refractivity contribution >= 4 is 18.0 Å². The Morgan fingerprint density at radius 3 is 2.26 bits per heavy atom. The van der Waals surface area contributed by atoms with Crippen molar-refractivity contribution in [3.63, 3.8) is 0 Å². The normalized spacial score (nSPS) is 20.4. The first-order valence-corrected chi connectivity index (χ1v) is 12.5. The number of hydrogen-bond donors (Lipinski definition) is 3. The molecule has 1 unspecified atom stereocenters. The molecule has 186 valence electrons. The number of amides is 2. The number of carbonyl (C=O) groups excluding carboxylic acids is 2. The predicted octanol–water partition coefficient (Wildman–Crippen LogP) is 4.84. The van der Waals surface area contributed by atoms with Gasteiger partial charge >= 0.3 is 12.1 Å². The number of carboxylic acids is 1. The van der Waals surface area contributed by atoms with Gasteiger partial charge in [0, 0.05) is 18.4 Å². The molecule has 4 rings (SSSR count). The topological polar surface area (TPSA) is 105 Å². The first-order valence-electron chi connectivity index (χ1n) is 12.5. The van der Waals surface area contributed by atoms with Gasteiger partial charge in [0.2, 0.25) is 5.91 Å². The summed E-state index contributed by atoms with van der Waals surface area (Å²) in [5.41, 5.74) is 3.47. The van der Waals surface area contributed by atoms with E-state index in [0.29, 0.717) is 19.3 Å². The number of carboxylic acid groups (broad SMARTS) is 1. The maximum atomic E-state index is 12.6. The lowest BCUT2D eigenvalue weighted by atomic mass is 9.95. The molecule has 0 heterocycles. The molecule has 3 N–H and O–H groups in total. The van der Waals surface area contributed by atoms with Crippen LogP contribution in [-0.4, -0.2) is 41.3 Å². The quantitative estimate of drug-likeness (QED) is 0.478. The minimum Gasteiger partial charge on any atom is -0.480 e. The molecule has 0 spiro atoms. The predicted molar refractivity (Wildman–Crippen MR) is 133 cm³/mol. The number of carbonyl (C=O) groups is 3. The average molecular weight is 479 g/mol. The third kappa shape index (κ3) is 5.50. The Labute approximate surface area is 206 Å². The van der Waals surface area contributed by atoms with Crippen LogP contribution in [0.1, 0.15) is 69.4 Å². The second-order valence-electron chi connectivity index (χ2n) is 9.99. The van der Waals surface area contributed by atoms with Gasteiger partial charge in [-0.05, 0) is 60.8 Å². The van der Waals surface area contributed by atoms with Crippen molar-refractivity contribution in [3.05, 3.63) is 59.7 Å². The van der Waals surface area contributed by atoms with Crippen LogP contribution in [0.5, 0.6) is 0 Å². The molecule has 7 nitrogen and oxygen atoms in total. The highest BCUT2D eigenvalue weighted by molar-refractivity contribution is 5.86. The molecule has 0 saturated heterocycles. The number of benzene rings is 2. The van der Waals surface area contributed by atoms with Crippen molar-refractivity contribution in [2.75, 3.05) is 6.61 Å². The van der Waals surface area contributed by atoms with Crippen LogP contribution in [0.3, 0.4) is 0 Å². The van der Waals surface area contributed by atoms with E-state index < -0.39 is 17.6 Å². The Morgan fingerprint density at radius 1 is 1.03 bits per heavy atom. The molecule has 0 radical (unpaired) electrons. The number of rotatable bonds is 9. The van der Waals surface area contributed by atoms with Gasteiger partial charge in [0.1, 0.15) is 12.1 Å². The number of hydrogen-bond acceptors (Lipinski definition) is 4. The molecule has 1 fully saturated rings. The number of ether oxygens (including phenoxy) is 1. The molecule has 2 aromatic carbocycles. The van der Waals surface area contributed by atoms with Crippen LogP contribution in [0.4, 0.5) is 4.79 Å². The molecule has 35 heavy (non-hydrogen) atoms. The lowest BCUT2D eigenvalue weighted by molar-refractivity contribution is -0.147. The fourth-order valence-electron chi connectivity index (χ4n) is 5.54. The van der Waals surface area contributed by atoms with E-state index in [2.05, 4.69) is 34.9 Å². The largest absolute Gasteiger partial charge is 0.480 e. The zero-order valence-electron chi connectivity index (χ0n) is 20.4. The molecular weight excluding hydrogens is 444 g/mol. The van der Waals surface area contributed by atoms with Gasteiger partial charge in [0.15, 0.2) is 0 Å². The van der Waals surface area contributed by atoms with Gasteiger partial charge in [-0.1, -0.05) is 61.9 Å². The number of aliphatic carboxylic acids is 1. The van der Waals surface area contributed by atoms with Crippen molar-refractivity contribution in [1.29, 1.82) is 0 Å². The molecule has 3 atom stereocenters. The van der Waals surface area contributed by atoms with Crippen molar-refractivity contribution in [2.45, 2.75) is 69.9 Å². The standard InChI is InChI=1S/C28H34N2O5/c1-3-14-28(2,26(32)33)30-25(31)16-18-12-13-19(15-18)29-27(34)35-17-24-22-10-6-4-8-20(22)21-9-5-7-11-23(21)24/h4-11,18-19,24H,3,12-17H2,1-2H3,(H,29,34)(H,30,31)(H,32,33)/t18-,19+,28?/m0/s1. The minimum atomic E-state index is -1.25. The smallest absolute Gasteiger partial charge is 0.407 e. The van der Waals surface area contributed by atoms with Gasteiger partial charge in [-0.2, -0.15) is 0 Å². The Hall–Kier alpha value is -3.35. The molecule has 2 aromatic rings. The fraction of sp³-hybridized carbons (Fsp3) is 0.464. The molecule has 2 aliphatic carbocycles. The summed E-state index contributed by atoms with van der Waals surface area (Å²) in [4.78, 5) is 36.6. The summed E-state index contributed by atoms with van der Waals surface area (Å²) >= 11 is 0. The first kappa shape index (κ1) is 24.8. The van der Waals surface area contributed by atoms with Crippen molar-refractivity contribution in [1.82, 2.24) is 10.6 Å². The third-order valence-corrected chi connectivity index (χ3v) is 7.32. The summed E-state index contributed by atoms with van der Waals surface area (Å²) in [6.45, 7) is 3.71. The molecule has 2 aliphatic rings. The van der Waals surface area contributed by atoms with Gasteiger partial charge in [-0.3, -0.25) is 4.79 Å². The van der Waals surface area contributed by atoms with Crippen molar-refractivity contribution in [3.8, 4) is 11.1 Å². The number of fused-ring (bicyclic) bond motifs is 3. The maximum Gasteiger partial charge on any atom is 0.407 e. The highest BCUT2D eigenvalue weighted by Gasteiger charge is 2.36. The van der Waals surface area contributed by atoms with E-state index in [9.17, 15) is 19.5 Å². The first-order chi connectivity index (χ1) is 16.8. The van der Waals surface area contributed by atoms with Crippen LogP contribution in [-0.2, 0) is 14.3 Å². The van der Waals surface area contributed by atoms with E-state index >= 15 is 0 Å². The zero-order valence-corrected chi connectivity index (χ0v) is 20.4. The Kier molecular flexibility index (Phi) is 7.43. The van der Waals surface area contributed by atoms with Gasteiger partial charge in [-0.25, -0.2) is 9.59 Å². The highest BCUT2D eigenvalue weighted by atomic mass is 16.5. The Bertz CT molecular complexity index is 1050. The summed E-state index contributed by atoms with van der Waals surface area (Å²) in [6, 6.07) is 16.4. The zero-order chi connectivity index (χ0) is 25.0. The Balaban J connectivity index is 1.26. The monoisotopic (exact) mass is 478 g/mol. The van der Waals surface area contributed by atoms with E-state index in [0.717, 1.165) is 12.8 Å². The van der Waals surface area contributed by atoms with E-state index in [1.807, 2.05) is 31.2 Å². The van der Waals surface area contributed by atoms with Crippen LogP contribution >= 0.6 is 0 Å². The van der Waals surface area contributed by atoms with Gasteiger partial charge in [0.05, 0.1) is 0 Å². The summed E-state index contributed by atoms with van der Waals surface area (Å²) in [6.07, 6.45) is 3.11. The minimum absolute atomic E-state index is 0.0137. The second-order valence-corrected chi connectivity index (χ2v) is 9.99. The molecule has 0 aromatic heterocycles. The van der Waals surface area contributed by atoms with Gasteiger partial charge < -0.3 is 20.5 Å². The summed E-state index contributed by atoms with van der Waals surface area (Å²) in [5, 5.41) is 15.1. The van der Waals surface area contributed by atoms with Gasteiger partial charge in [0.25, 0.3) is 0 Å². The molecule has 1 saturated carbocycles. The second kappa shape index (κ2) is 10.5. The number of alkyl carbamates (subject to hydrolysis) is 1. The maximum absolute atomic E-state index is 12.6. The Morgan fingerprint density at radius 2 is 1.66 bits per heavy atom. The van der Waals surface area contributed by atoms with Gasteiger partial charge in [-0.15, -0.1) is 0 Å².